The zero-order valence-corrected chi connectivity index (χ0v) is 14.8. The molecule has 0 spiro atoms. The van der Waals surface area contributed by atoms with E-state index in [1.807, 2.05) is 12.1 Å². The number of benzene rings is 2. The van der Waals surface area contributed by atoms with Gasteiger partial charge in [0.25, 0.3) is 0 Å². The van der Waals surface area contributed by atoms with Gasteiger partial charge in [-0.2, -0.15) is 0 Å². The average molecular weight is 403 g/mol. The van der Waals surface area contributed by atoms with Crippen LogP contribution < -0.4 is 33.3 Å². The molecule has 1 heterocycles. The summed E-state index contributed by atoms with van der Waals surface area (Å²) in [6.07, 6.45) is 6.38. The van der Waals surface area contributed by atoms with Crippen molar-refractivity contribution in [2.75, 3.05) is 7.11 Å². The van der Waals surface area contributed by atoms with Crippen molar-refractivity contribution in [1.29, 1.82) is 0 Å². The summed E-state index contributed by atoms with van der Waals surface area (Å²) in [7, 11) is 3.75. The quantitative estimate of drug-likeness (QED) is 0.467. The van der Waals surface area contributed by atoms with Gasteiger partial charge in [-0.15, -0.1) is 0 Å². The molecule has 0 saturated carbocycles. The van der Waals surface area contributed by atoms with Crippen LogP contribution in [0.15, 0.2) is 60.8 Å². The first-order valence-corrected chi connectivity index (χ1v) is 6.97. The number of methoxy groups -OCH3 is 1. The summed E-state index contributed by atoms with van der Waals surface area (Å²) >= 11 is 0. The normalized spacial score (nSPS) is 10.6. The van der Waals surface area contributed by atoms with Crippen LogP contribution in [0.2, 0.25) is 0 Å². The van der Waals surface area contributed by atoms with Crippen LogP contribution in [0.4, 0.5) is 0 Å². The zero-order chi connectivity index (χ0) is 14.7. The maximum atomic E-state index is 5.18. The van der Waals surface area contributed by atoms with Gasteiger partial charge in [-0.3, -0.25) is 0 Å². The van der Waals surface area contributed by atoms with Crippen LogP contribution in [-0.4, -0.2) is 7.11 Å². The van der Waals surface area contributed by atoms with E-state index >= 15 is 0 Å². The monoisotopic (exact) mass is 403 g/mol. The van der Waals surface area contributed by atoms with Gasteiger partial charge in [-0.05, 0) is 29.3 Å². The molecule has 0 saturated heterocycles. The van der Waals surface area contributed by atoms with Crippen molar-refractivity contribution in [3.63, 3.8) is 0 Å². The Morgan fingerprint density at radius 1 is 0.909 bits per heavy atom. The van der Waals surface area contributed by atoms with E-state index in [0.717, 1.165) is 11.3 Å². The van der Waals surface area contributed by atoms with E-state index < -0.39 is 0 Å². The van der Waals surface area contributed by atoms with Crippen LogP contribution in [0.3, 0.4) is 0 Å². The summed E-state index contributed by atoms with van der Waals surface area (Å²) in [4.78, 5) is 0. The third-order valence-corrected chi connectivity index (χ3v) is 3.64. The molecule has 0 fully saturated rings. The van der Waals surface area contributed by atoms with Gasteiger partial charge in [0.05, 0.1) is 12.5 Å². The molecule has 2 nitrogen and oxygen atoms in total. The summed E-state index contributed by atoms with van der Waals surface area (Å²) in [5.74, 6) is 0.879. The molecule has 0 unspecified atom stereocenters. The van der Waals surface area contributed by atoms with Gasteiger partial charge in [-0.1, -0.05) is 36.4 Å². The number of para-hydroxylation sites is 1. The highest BCUT2D eigenvalue weighted by molar-refractivity contribution is 5.88. The fourth-order valence-corrected chi connectivity index (χ4v) is 2.43. The topological polar surface area (TPSA) is 13.1 Å². The second-order valence-corrected chi connectivity index (χ2v) is 5.01. The van der Waals surface area contributed by atoms with E-state index in [0.29, 0.717) is 0 Å². The molecule has 3 heteroatoms. The van der Waals surface area contributed by atoms with Crippen LogP contribution in [0, 0.1) is 0 Å². The maximum Gasteiger partial charge on any atom is 0.212 e. The molecule has 0 bridgehead atoms. The second kappa shape index (κ2) is 7.40. The van der Waals surface area contributed by atoms with Crippen molar-refractivity contribution in [1.82, 2.24) is 0 Å². The Balaban J connectivity index is 0.00000176. The summed E-state index contributed by atoms with van der Waals surface area (Å²) in [5, 5.41) is 1.26. The molecule has 0 N–H and O–H groups in total. The van der Waals surface area contributed by atoms with Gasteiger partial charge in [0.15, 0.2) is 6.20 Å². The van der Waals surface area contributed by atoms with Gasteiger partial charge < -0.3 is 28.7 Å². The number of aromatic nitrogens is 1. The van der Waals surface area contributed by atoms with Gasteiger partial charge in [-0.25, -0.2) is 4.57 Å². The van der Waals surface area contributed by atoms with Crippen LogP contribution in [0.25, 0.3) is 23.1 Å². The lowest BCUT2D eigenvalue weighted by Gasteiger charge is -2.01. The van der Waals surface area contributed by atoms with Crippen LogP contribution in [0.5, 0.6) is 5.75 Å². The molecular formula is C19H18INO. The highest BCUT2D eigenvalue weighted by Gasteiger charge is 2.06. The van der Waals surface area contributed by atoms with Gasteiger partial charge in [0, 0.05) is 12.1 Å². The number of aryl methyl sites for hydroxylation is 1. The minimum atomic E-state index is 0. The first-order valence-electron chi connectivity index (χ1n) is 6.97. The molecule has 22 heavy (non-hydrogen) atoms. The van der Waals surface area contributed by atoms with Crippen molar-refractivity contribution < 1.29 is 33.3 Å². The predicted octanol–water partition coefficient (Wildman–Crippen LogP) is 0.847. The Kier molecular flexibility index (Phi) is 5.55. The lowest BCUT2D eigenvalue weighted by atomic mass is 10.1. The van der Waals surface area contributed by atoms with Gasteiger partial charge in [0.2, 0.25) is 5.52 Å². The Bertz CT molecular complexity index is 794. The Hall–Kier alpha value is -1.88. The molecule has 0 aliphatic carbocycles. The number of pyridine rings is 1. The Morgan fingerprint density at radius 2 is 1.64 bits per heavy atom. The number of hydrogen-bond acceptors (Lipinski definition) is 1. The minimum absolute atomic E-state index is 0. The number of hydrogen-bond donors (Lipinski definition) is 0. The van der Waals surface area contributed by atoms with Crippen LogP contribution in [-0.2, 0) is 7.05 Å². The zero-order valence-electron chi connectivity index (χ0n) is 12.7. The highest BCUT2D eigenvalue weighted by Crippen LogP contribution is 2.18. The Morgan fingerprint density at radius 3 is 2.36 bits per heavy atom. The minimum Gasteiger partial charge on any atom is -1.00 e. The van der Waals surface area contributed by atoms with Gasteiger partial charge >= 0.3 is 0 Å². The van der Waals surface area contributed by atoms with E-state index in [-0.39, 0.29) is 24.0 Å². The molecule has 0 amide bonds. The van der Waals surface area contributed by atoms with Crippen LogP contribution >= 0.6 is 0 Å². The lowest BCUT2D eigenvalue weighted by Crippen LogP contribution is -3.00. The fraction of sp³-hybridized carbons (Fsp3) is 0.105. The van der Waals surface area contributed by atoms with E-state index in [9.17, 15) is 0 Å². The molecule has 0 aliphatic heterocycles. The fourth-order valence-electron chi connectivity index (χ4n) is 2.43. The molecule has 112 valence electrons. The number of ether oxygens (including phenoxy) is 1. The average Bonchev–Trinajstić information content (AvgIpc) is 2.55. The summed E-state index contributed by atoms with van der Waals surface area (Å²) < 4.78 is 7.31. The molecule has 1 aromatic heterocycles. The standard InChI is InChI=1S/C19H18NO.HI/c1-20-14-13-16(18-5-3-4-6-19(18)20)10-7-15-8-11-17(21-2)12-9-15;/h3-14H,1-2H3;1H/q+1;/p-1. The molecule has 0 radical (unpaired) electrons. The maximum absolute atomic E-state index is 5.18. The molecular weight excluding hydrogens is 385 g/mol. The first kappa shape index (κ1) is 16.5. The number of rotatable bonds is 3. The second-order valence-electron chi connectivity index (χ2n) is 5.01. The largest absolute Gasteiger partial charge is 1.00 e. The lowest BCUT2D eigenvalue weighted by molar-refractivity contribution is -0.644. The van der Waals surface area contributed by atoms with Crippen molar-refractivity contribution in [2.24, 2.45) is 7.05 Å². The van der Waals surface area contributed by atoms with E-state index in [1.165, 1.54) is 16.5 Å². The Labute approximate surface area is 148 Å². The third kappa shape index (κ3) is 3.47. The smallest absolute Gasteiger partial charge is 0.212 e. The number of fused-ring (bicyclic) bond motifs is 1. The number of nitrogens with zero attached hydrogens (tertiary/aromatic N) is 1. The molecule has 0 aliphatic rings. The van der Waals surface area contributed by atoms with Crippen molar-refractivity contribution in [2.45, 2.75) is 0 Å². The van der Waals surface area contributed by atoms with Crippen LogP contribution in [0.1, 0.15) is 11.1 Å². The summed E-state index contributed by atoms with van der Waals surface area (Å²) in [6, 6.07) is 18.6. The third-order valence-electron chi connectivity index (χ3n) is 3.64. The van der Waals surface area contributed by atoms with Crippen molar-refractivity contribution >= 4 is 23.1 Å². The van der Waals surface area contributed by atoms with E-state index in [4.69, 9.17) is 4.74 Å². The van der Waals surface area contributed by atoms with Crippen molar-refractivity contribution in [3.8, 4) is 5.75 Å². The predicted molar refractivity (Wildman–Crippen MR) is 87.0 cm³/mol. The first-order chi connectivity index (χ1) is 10.3. The summed E-state index contributed by atoms with van der Waals surface area (Å²) in [5.41, 5.74) is 3.61. The molecule has 3 aromatic rings. The molecule has 0 atom stereocenters. The molecule has 3 rings (SSSR count). The van der Waals surface area contributed by atoms with E-state index in [2.05, 4.69) is 72.4 Å². The summed E-state index contributed by atoms with van der Waals surface area (Å²) in [6.45, 7) is 0. The van der Waals surface area contributed by atoms with Gasteiger partial charge in [0.1, 0.15) is 12.8 Å². The van der Waals surface area contributed by atoms with E-state index in [1.54, 1.807) is 7.11 Å². The molecule has 2 aromatic carbocycles. The SMILES string of the molecule is COc1ccc(C=Cc2cc[n+](C)c3ccccc23)cc1.[I-]. The highest BCUT2D eigenvalue weighted by atomic mass is 127. The van der Waals surface area contributed by atoms with Crippen molar-refractivity contribution in [3.05, 3.63) is 71.9 Å². The number of halogens is 1.